The lowest BCUT2D eigenvalue weighted by atomic mass is 10.4. The van der Waals surface area contributed by atoms with E-state index in [1.807, 2.05) is 16.7 Å². The van der Waals surface area contributed by atoms with Crippen LogP contribution < -0.4 is 0 Å². The number of hydrogen-bond donors (Lipinski definition) is 0. The zero-order valence-electron chi connectivity index (χ0n) is 6.38. The summed E-state index contributed by atoms with van der Waals surface area (Å²) < 4.78 is 0. The second kappa shape index (κ2) is 5.04. The first-order valence-electron chi connectivity index (χ1n) is 3.76. The highest BCUT2D eigenvalue weighted by molar-refractivity contribution is 9.09. The number of alkyl halides is 1. The van der Waals surface area contributed by atoms with E-state index in [0.29, 0.717) is 12.3 Å². The zero-order valence-corrected chi connectivity index (χ0v) is 8.79. The van der Waals surface area contributed by atoms with Gasteiger partial charge in [0.2, 0.25) is 5.91 Å². The molecule has 2 nitrogen and oxygen atoms in total. The van der Waals surface area contributed by atoms with Gasteiger partial charge in [0.15, 0.2) is 0 Å². The minimum Gasteiger partial charge on any atom is -0.341 e. The Balaban J connectivity index is 2.27. The molecule has 1 fully saturated rings. The Kier molecular flexibility index (Phi) is 4.30. The van der Waals surface area contributed by atoms with Crippen LogP contribution in [0.3, 0.4) is 0 Å². The van der Waals surface area contributed by atoms with Crippen molar-refractivity contribution in [3.8, 4) is 0 Å². The number of nitrogens with zero attached hydrogens (tertiary/aromatic N) is 1. The fraction of sp³-hybridized carbons (Fsp3) is 0.857. The Bertz CT molecular complexity index is 136. The summed E-state index contributed by atoms with van der Waals surface area (Å²) in [6.45, 7) is 1.88. The van der Waals surface area contributed by atoms with Gasteiger partial charge in [-0.05, 0) is 0 Å². The fourth-order valence-electron chi connectivity index (χ4n) is 1.05. The summed E-state index contributed by atoms with van der Waals surface area (Å²) in [7, 11) is 0. The molecular weight excluding hydrogens is 226 g/mol. The Morgan fingerprint density at radius 3 is 2.64 bits per heavy atom. The molecule has 0 unspecified atom stereocenters. The molecule has 0 saturated carbocycles. The number of rotatable bonds is 2. The summed E-state index contributed by atoms with van der Waals surface area (Å²) in [5.41, 5.74) is 0. The normalized spacial score (nSPS) is 18.5. The number of hydrogen-bond acceptors (Lipinski definition) is 2. The van der Waals surface area contributed by atoms with Crippen LogP contribution in [0.25, 0.3) is 0 Å². The maximum Gasteiger partial charge on any atom is 0.223 e. The molecule has 0 aromatic heterocycles. The van der Waals surface area contributed by atoms with Gasteiger partial charge < -0.3 is 4.90 Å². The van der Waals surface area contributed by atoms with Gasteiger partial charge in [-0.15, -0.1) is 0 Å². The van der Waals surface area contributed by atoms with E-state index in [4.69, 9.17) is 0 Å². The third kappa shape index (κ3) is 3.03. The number of thioether (sulfide) groups is 1. The van der Waals surface area contributed by atoms with Gasteiger partial charge in [0, 0.05) is 36.3 Å². The van der Waals surface area contributed by atoms with Crippen LogP contribution in [0.5, 0.6) is 0 Å². The molecule has 4 heteroatoms. The molecule has 0 atom stereocenters. The first-order valence-corrected chi connectivity index (χ1v) is 6.03. The van der Waals surface area contributed by atoms with Gasteiger partial charge in [-0.1, -0.05) is 15.9 Å². The Morgan fingerprint density at radius 1 is 1.45 bits per heavy atom. The van der Waals surface area contributed by atoms with E-state index < -0.39 is 0 Å². The molecule has 0 N–H and O–H groups in total. The highest BCUT2D eigenvalue weighted by Crippen LogP contribution is 2.10. The Hall–Kier alpha value is 0.300. The number of carbonyl (C=O) groups is 1. The maximum absolute atomic E-state index is 11.3. The topological polar surface area (TPSA) is 20.3 Å². The van der Waals surface area contributed by atoms with Crippen molar-refractivity contribution < 1.29 is 4.79 Å². The van der Waals surface area contributed by atoms with Gasteiger partial charge in [-0.25, -0.2) is 0 Å². The van der Waals surface area contributed by atoms with Crippen molar-refractivity contribution in [3.63, 3.8) is 0 Å². The van der Waals surface area contributed by atoms with E-state index >= 15 is 0 Å². The second-order valence-electron chi connectivity index (χ2n) is 2.43. The quantitative estimate of drug-likeness (QED) is 0.677. The van der Waals surface area contributed by atoms with Crippen LogP contribution >= 0.6 is 27.7 Å². The smallest absolute Gasteiger partial charge is 0.223 e. The molecule has 1 saturated heterocycles. The number of halogens is 1. The Morgan fingerprint density at radius 2 is 2.09 bits per heavy atom. The van der Waals surface area contributed by atoms with Gasteiger partial charge >= 0.3 is 0 Å². The van der Waals surface area contributed by atoms with E-state index in [1.54, 1.807) is 0 Å². The number of carbonyl (C=O) groups excluding carboxylic acids is 1. The van der Waals surface area contributed by atoms with Crippen LogP contribution in [0.1, 0.15) is 6.42 Å². The van der Waals surface area contributed by atoms with Crippen molar-refractivity contribution in [1.29, 1.82) is 0 Å². The van der Waals surface area contributed by atoms with Crippen LogP contribution in [0.2, 0.25) is 0 Å². The van der Waals surface area contributed by atoms with E-state index in [0.717, 1.165) is 29.9 Å². The standard InChI is InChI=1S/C7H12BrNOS/c8-2-1-7(10)9-3-5-11-6-4-9/h1-6H2. The van der Waals surface area contributed by atoms with Gasteiger partial charge in [-0.2, -0.15) is 11.8 Å². The van der Waals surface area contributed by atoms with Crippen molar-refractivity contribution in [1.82, 2.24) is 4.90 Å². The molecule has 0 bridgehead atoms. The summed E-state index contributed by atoms with van der Waals surface area (Å²) in [6, 6.07) is 0. The van der Waals surface area contributed by atoms with Crippen molar-refractivity contribution in [2.75, 3.05) is 29.9 Å². The zero-order chi connectivity index (χ0) is 8.10. The first-order chi connectivity index (χ1) is 5.34. The van der Waals surface area contributed by atoms with E-state index in [1.165, 1.54) is 0 Å². The van der Waals surface area contributed by atoms with Crippen LogP contribution in [0.4, 0.5) is 0 Å². The third-order valence-corrected chi connectivity index (χ3v) is 3.01. The van der Waals surface area contributed by atoms with Crippen LogP contribution in [0.15, 0.2) is 0 Å². The van der Waals surface area contributed by atoms with Gasteiger partial charge in [0.1, 0.15) is 0 Å². The van der Waals surface area contributed by atoms with Crippen molar-refractivity contribution in [3.05, 3.63) is 0 Å². The molecule has 1 aliphatic rings. The van der Waals surface area contributed by atoms with E-state index in [9.17, 15) is 4.79 Å². The molecule has 0 aromatic rings. The van der Waals surface area contributed by atoms with Crippen LogP contribution in [-0.2, 0) is 4.79 Å². The minimum absolute atomic E-state index is 0.294. The summed E-state index contributed by atoms with van der Waals surface area (Å²) in [5, 5.41) is 0.787. The molecule has 11 heavy (non-hydrogen) atoms. The van der Waals surface area contributed by atoms with E-state index in [-0.39, 0.29) is 0 Å². The number of amides is 1. The molecule has 0 aliphatic carbocycles. The molecule has 1 rings (SSSR count). The summed E-state index contributed by atoms with van der Waals surface area (Å²) in [4.78, 5) is 13.2. The molecule has 0 spiro atoms. The molecule has 0 radical (unpaired) electrons. The van der Waals surface area contributed by atoms with Crippen molar-refractivity contribution in [2.45, 2.75) is 6.42 Å². The monoisotopic (exact) mass is 237 g/mol. The third-order valence-electron chi connectivity index (χ3n) is 1.67. The lowest BCUT2D eigenvalue weighted by Crippen LogP contribution is -2.37. The van der Waals surface area contributed by atoms with Gasteiger partial charge in [0.25, 0.3) is 0 Å². The summed E-state index contributed by atoms with van der Waals surface area (Å²) in [6.07, 6.45) is 0.644. The highest BCUT2D eigenvalue weighted by atomic mass is 79.9. The summed E-state index contributed by atoms with van der Waals surface area (Å²) >= 11 is 5.19. The predicted octanol–water partition coefficient (Wildman–Crippen LogP) is 1.35. The van der Waals surface area contributed by atoms with E-state index in [2.05, 4.69) is 15.9 Å². The Labute approximate surface area is 79.8 Å². The van der Waals surface area contributed by atoms with Gasteiger partial charge in [0.05, 0.1) is 0 Å². The largest absolute Gasteiger partial charge is 0.341 e. The lowest BCUT2D eigenvalue weighted by Gasteiger charge is -2.26. The average molecular weight is 238 g/mol. The first kappa shape index (κ1) is 9.39. The van der Waals surface area contributed by atoms with Crippen LogP contribution in [-0.4, -0.2) is 40.7 Å². The SMILES string of the molecule is O=C(CCBr)N1CCSCC1. The van der Waals surface area contributed by atoms with Crippen molar-refractivity contribution >= 4 is 33.6 Å². The minimum atomic E-state index is 0.294. The lowest BCUT2D eigenvalue weighted by molar-refractivity contribution is -0.130. The molecule has 1 amide bonds. The fourth-order valence-corrected chi connectivity index (χ4v) is 2.29. The molecule has 1 heterocycles. The molecular formula is C7H12BrNOS. The highest BCUT2D eigenvalue weighted by Gasteiger charge is 2.14. The van der Waals surface area contributed by atoms with Crippen molar-refractivity contribution in [2.24, 2.45) is 0 Å². The van der Waals surface area contributed by atoms with Gasteiger partial charge in [-0.3, -0.25) is 4.79 Å². The van der Waals surface area contributed by atoms with Crippen LogP contribution in [0, 0.1) is 0 Å². The maximum atomic E-state index is 11.3. The summed E-state index contributed by atoms with van der Waals surface area (Å²) in [5.74, 6) is 2.50. The predicted molar refractivity (Wildman–Crippen MR) is 52.3 cm³/mol. The molecule has 0 aromatic carbocycles. The average Bonchev–Trinajstić information content (AvgIpc) is 2.07. The molecule has 64 valence electrons. The second-order valence-corrected chi connectivity index (χ2v) is 4.45. The molecule has 1 aliphatic heterocycles.